The van der Waals surface area contributed by atoms with Gasteiger partial charge in [0, 0.05) is 12.6 Å². The summed E-state index contributed by atoms with van der Waals surface area (Å²) in [7, 11) is 0.884. The molecular formula is C5H13NOSi. The van der Waals surface area contributed by atoms with Crippen molar-refractivity contribution in [3.63, 3.8) is 0 Å². The maximum Gasteiger partial charge on any atom is 0.146 e. The van der Waals surface area contributed by atoms with E-state index in [0.717, 1.165) is 17.1 Å². The molecule has 1 N–H and O–H groups in total. The molecule has 48 valence electrons. The van der Waals surface area contributed by atoms with Gasteiger partial charge < -0.3 is 9.74 Å². The molecule has 2 nitrogen and oxygen atoms in total. The van der Waals surface area contributed by atoms with Gasteiger partial charge in [0.05, 0.1) is 0 Å². The topological polar surface area (TPSA) is 21.3 Å². The van der Waals surface area contributed by atoms with Crippen molar-refractivity contribution in [1.29, 1.82) is 0 Å². The average Bonchev–Trinajstić information content (AvgIpc) is 2.19. The third-order valence-electron chi connectivity index (χ3n) is 1.53. The third-order valence-corrected chi connectivity index (χ3v) is 1.86. The summed E-state index contributed by atoms with van der Waals surface area (Å²) < 4.78 is 5.10. The van der Waals surface area contributed by atoms with Crippen LogP contribution in [0, 0.1) is 0 Å². The molecule has 8 heavy (non-hydrogen) atoms. The molecule has 0 saturated carbocycles. The first-order valence-electron chi connectivity index (χ1n) is 3.16. The summed E-state index contributed by atoms with van der Waals surface area (Å²) in [5, 5.41) is 3.35. The van der Waals surface area contributed by atoms with Gasteiger partial charge in [0.25, 0.3) is 0 Å². The van der Waals surface area contributed by atoms with Crippen LogP contribution in [0.3, 0.4) is 0 Å². The highest BCUT2D eigenvalue weighted by molar-refractivity contribution is 5.97. The average molecular weight is 131 g/mol. The largest absolute Gasteiger partial charge is 0.426 e. The van der Waals surface area contributed by atoms with E-state index in [0.29, 0.717) is 6.04 Å². The monoisotopic (exact) mass is 131 g/mol. The highest BCUT2D eigenvalue weighted by Crippen LogP contribution is 2.03. The van der Waals surface area contributed by atoms with E-state index in [1.165, 1.54) is 19.4 Å². The van der Waals surface area contributed by atoms with Crippen LogP contribution in [0.4, 0.5) is 0 Å². The van der Waals surface area contributed by atoms with E-state index in [1.54, 1.807) is 0 Å². The van der Waals surface area contributed by atoms with Gasteiger partial charge >= 0.3 is 0 Å². The van der Waals surface area contributed by atoms with Crippen LogP contribution in [0.2, 0.25) is 0 Å². The summed E-state index contributed by atoms with van der Waals surface area (Å²) in [4.78, 5) is 0. The molecule has 0 bridgehead atoms. The van der Waals surface area contributed by atoms with Crippen LogP contribution in [-0.2, 0) is 4.43 Å². The lowest BCUT2D eigenvalue weighted by Crippen LogP contribution is -2.26. The zero-order valence-electron chi connectivity index (χ0n) is 5.31. The van der Waals surface area contributed by atoms with Crippen molar-refractivity contribution in [2.45, 2.75) is 18.9 Å². The van der Waals surface area contributed by atoms with Crippen LogP contribution in [0.1, 0.15) is 12.8 Å². The molecule has 0 aromatic heterocycles. The van der Waals surface area contributed by atoms with Crippen molar-refractivity contribution in [3.8, 4) is 0 Å². The lowest BCUT2D eigenvalue weighted by molar-refractivity contribution is 0.301. The molecule has 0 unspecified atom stereocenters. The minimum atomic E-state index is 0.674. The van der Waals surface area contributed by atoms with Gasteiger partial charge in [-0.1, -0.05) is 0 Å². The van der Waals surface area contributed by atoms with Crippen molar-refractivity contribution in [2.75, 3.05) is 13.2 Å². The van der Waals surface area contributed by atoms with E-state index in [4.69, 9.17) is 4.43 Å². The first-order valence-corrected chi connectivity index (χ1v) is 3.97. The van der Waals surface area contributed by atoms with Crippen molar-refractivity contribution in [3.05, 3.63) is 0 Å². The lowest BCUT2D eigenvalue weighted by Gasteiger charge is -2.06. The van der Waals surface area contributed by atoms with Crippen molar-refractivity contribution >= 4 is 10.5 Å². The summed E-state index contributed by atoms with van der Waals surface area (Å²) in [6.07, 6.45) is 2.64. The van der Waals surface area contributed by atoms with Gasteiger partial charge in [-0.25, -0.2) is 0 Å². The highest BCUT2D eigenvalue weighted by atomic mass is 28.2. The summed E-state index contributed by atoms with van der Waals surface area (Å²) in [6, 6.07) is 0.674. The summed E-state index contributed by atoms with van der Waals surface area (Å²) in [5.41, 5.74) is 0. The fourth-order valence-electron chi connectivity index (χ4n) is 1.10. The molecule has 1 fully saturated rings. The molecule has 1 aliphatic rings. The SMILES string of the molecule is [SiH3]OC[C@@H]1CCCN1. The van der Waals surface area contributed by atoms with E-state index in [9.17, 15) is 0 Å². The maximum atomic E-state index is 5.10. The second-order valence-electron chi connectivity index (χ2n) is 2.25. The molecule has 0 radical (unpaired) electrons. The molecule has 1 saturated heterocycles. The third kappa shape index (κ3) is 1.58. The van der Waals surface area contributed by atoms with Crippen LogP contribution in [0.5, 0.6) is 0 Å². The van der Waals surface area contributed by atoms with E-state index >= 15 is 0 Å². The van der Waals surface area contributed by atoms with E-state index in [1.807, 2.05) is 0 Å². The van der Waals surface area contributed by atoms with Gasteiger partial charge in [-0.15, -0.1) is 0 Å². The Hall–Kier alpha value is 0.137. The predicted molar refractivity (Wildman–Crippen MR) is 36.9 cm³/mol. The normalized spacial score (nSPS) is 29.2. The van der Waals surface area contributed by atoms with Gasteiger partial charge in [-0.05, 0) is 19.4 Å². The Morgan fingerprint density at radius 2 is 2.62 bits per heavy atom. The number of hydrogen-bond acceptors (Lipinski definition) is 2. The summed E-state index contributed by atoms with van der Waals surface area (Å²) in [5.74, 6) is 0. The summed E-state index contributed by atoms with van der Waals surface area (Å²) in [6.45, 7) is 2.13. The predicted octanol–water partition coefficient (Wildman–Crippen LogP) is -0.965. The van der Waals surface area contributed by atoms with Crippen LogP contribution >= 0.6 is 0 Å². The Bertz CT molecular complexity index is 63.4. The Balaban J connectivity index is 2.06. The smallest absolute Gasteiger partial charge is 0.146 e. The fraction of sp³-hybridized carbons (Fsp3) is 1.00. The van der Waals surface area contributed by atoms with Crippen molar-refractivity contribution in [2.24, 2.45) is 0 Å². The molecule has 0 aliphatic carbocycles. The van der Waals surface area contributed by atoms with Crippen LogP contribution in [0.25, 0.3) is 0 Å². The number of rotatable bonds is 2. The van der Waals surface area contributed by atoms with Gasteiger partial charge in [0.15, 0.2) is 0 Å². The second kappa shape index (κ2) is 3.22. The first-order chi connectivity index (χ1) is 3.93. The highest BCUT2D eigenvalue weighted by Gasteiger charge is 2.11. The Morgan fingerprint density at radius 3 is 3.12 bits per heavy atom. The minimum Gasteiger partial charge on any atom is -0.426 e. The minimum absolute atomic E-state index is 0.674. The van der Waals surface area contributed by atoms with E-state index < -0.39 is 0 Å². The Morgan fingerprint density at radius 1 is 1.75 bits per heavy atom. The Kier molecular flexibility index (Phi) is 2.52. The van der Waals surface area contributed by atoms with E-state index in [2.05, 4.69) is 5.32 Å². The molecule has 1 heterocycles. The molecule has 0 aromatic rings. The van der Waals surface area contributed by atoms with E-state index in [-0.39, 0.29) is 0 Å². The maximum absolute atomic E-state index is 5.10. The van der Waals surface area contributed by atoms with Crippen LogP contribution in [-0.4, -0.2) is 29.7 Å². The molecule has 0 aromatic carbocycles. The molecule has 1 aliphatic heterocycles. The molecule has 1 rings (SSSR count). The molecule has 0 spiro atoms. The van der Waals surface area contributed by atoms with Gasteiger partial charge in [0.2, 0.25) is 0 Å². The second-order valence-corrected chi connectivity index (χ2v) is 2.83. The molecule has 3 heteroatoms. The van der Waals surface area contributed by atoms with Crippen LogP contribution < -0.4 is 5.32 Å². The van der Waals surface area contributed by atoms with Crippen molar-refractivity contribution in [1.82, 2.24) is 5.32 Å². The molecular weight excluding hydrogens is 118 g/mol. The number of nitrogens with one attached hydrogen (secondary N) is 1. The van der Waals surface area contributed by atoms with Crippen LogP contribution in [0.15, 0.2) is 0 Å². The quantitative estimate of drug-likeness (QED) is 0.487. The molecule has 0 amide bonds. The zero-order valence-corrected chi connectivity index (χ0v) is 7.31. The number of hydrogen-bond donors (Lipinski definition) is 1. The molecule has 1 atom stereocenters. The zero-order chi connectivity index (χ0) is 5.82. The standard InChI is InChI=1S/C5H13NOSi/c8-7-4-5-2-1-3-6-5/h5-6H,1-4H2,8H3/t5-/m0/s1. The lowest BCUT2D eigenvalue weighted by atomic mass is 10.2. The van der Waals surface area contributed by atoms with Gasteiger partial charge in [0.1, 0.15) is 10.5 Å². The fourth-order valence-corrected chi connectivity index (χ4v) is 1.50. The summed E-state index contributed by atoms with van der Waals surface area (Å²) >= 11 is 0. The van der Waals surface area contributed by atoms with Gasteiger partial charge in [-0.2, -0.15) is 0 Å². The Labute approximate surface area is 53.2 Å². The van der Waals surface area contributed by atoms with Crippen molar-refractivity contribution < 1.29 is 4.43 Å². The van der Waals surface area contributed by atoms with Gasteiger partial charge in [-0.3, -0.25) is 0 Å². The first kappa shape index (κ1) is 6.26.